The Kier molecular flexibility index (Phi) is 7.39. The summed E-state index contributed by atoms with van der Waals surface area (Å²) in [6.07, 6.45) is 0. The zero-order valence-electron chi connectivity index (χ0n) is 12.0. The van der Waals surface area contributed by atoms with E-state index in [9.17, 15) is 9.36 Å². The predicted octanol–water partition coefficient (Wildman–Crippen LogP) is 3.83. The van der Waals surface area contributed by atoms with Gasteiger partial charge >= 0.3 is 13.6 Å². The van der Waals surface area contributed by atoms with E-state index in [1.54, 1.807) is 24.3 Å². The molecule has 0 N–H and O–H groups in total. The summed E-state index contributed by atoms with van der Waals surface area (Å²) in [5.41, 5.74) is -0.445. The molecule has 0 bridgehead atoms. The Balaban J connectivity index is 2.53. The van der Waals surface area contributed by atoms with Crippen molar-refractivity contribution in [1.29, 1.82) is 0 Å². The molecule has 0 radical (unpaired) electrons. The van der Waals surface area contributed by atoms with E-state index in [1.807, 2.05) is 0 Å². The predicted molar refractivity (Wildman–Crippen MR) is 83.4 cm³/mol. The second-order valence-electron chi connectivity index (χ2n) is 3.91. The number of carbonyl (C=O) groups is 1. The molecule has 0 spiro atoms. The average molecular weight is 369 g/mol. The normalized spacial score (nSPS) is 12.5. The SMILES string of the molecule is C=C(OC(=O)C(Cl)COc1ccc(Cl)cc1)P(=O)(OC)OC. The zero-order chi connectivity index (χ0) is 16.8. The monoisotopic (exact) mass is 368 g/mol. The Morgan fingerprint density at radius 3 is 2.32 bits per heavy atom. The summed E-state index contributed by atoms with van der Waals surface area (Å²) in [6, 6.07) is 6.52. The average Bonchev–Trinajstić information content (AvgIpc) is 2.52. The first-order chi connectivity index (χ1) is 10.3. The van der Waals surface area contributed by atoms with Crippen molar-refractivity contribution in [1.82, 2.24) is 0 Å². The fourth-order valence-electron chi connectivity index (χ4n) is 1.28. The lowest BCUT2D eigenvalue weighted by atomic mass is 10.3. The highest BCUT2D eigenvalue weighted by atomic mass is 35.5. The van der Waals surface area contributed by atoms with Gasteiger partial charge in [-0.3, -0.25) is 4.57 Å². The van der Waals surface area contributed by atoms with E-state index in [0.717, 1.165) is 14.2 Å². The molecule has 1 rings (SSSR count). The molecule has 1 unspecified atom stereocenters. The van der Waals surface area contributed by atoms with Crippen molar-refractivity contribution in [2.24, 2.45) is 0 Å². The van der Waals surface area contributed by atoms with Crippen molar-refractivity contribution < 1.29 is 27.9 Å². The van der Waals surface area contributed by atoms with Crippen LogP contribution in [0.4, 0.5) is 0 Å². The second kappa shape index (κ2) is 8.56. The molecule has 1 aromatic rings. The van der Waals surface area contributed by atoms with E-state index in [0.29, 0.717) is 10.8 Å². The topological polar surface area (TPSA) is 71.1 Å². The second-order valence-corrected chi connectivity index (χ2v) is 7.10. The number of carbonyl (C=O) groups excluding carboxylic acids is 1. The first kappa shape index (κ1) is 19.0. The highest BCUT2D eigenvalue weighted by Gasteiger charge is 2.31. The number of hydrogen-bond donors (Lipinski definition) is 0. The molecule has 0 aliphatic carbocycles. The van der Waals surface area contributed by atoms with Crippen LogP contribution in [0.3, 0.4) is 0 Å². The van der Waals surface area contributed by atoms with Crippen molar-refractivity contribution in [3.05, 3.63) is 41.4 Å². The smallest absolute Gasteiger partial charge is 0.395 e. The van der Waals surface area contributed by atoms with Crippen molar-refractivity contribution in [3.63, 3.8) is 0 Å². The van der Waals surface area contributed by atoms with Crippen molar-refractivity contribution in [2.75, 3.05) is 20.8 Å². The maximum atomic E-state index is 11.9. The zero-order valence-corrected chi connectivity index (χ0v) is 14.4. The molecule has 1 atom stereocenters. The fraction of sp³-hybridized carbons (Fsp3) is 0.308. The molecule has 1 aromatic carbocycles. The van der Waals surface area contributed by atoms with Crippen LogP contribution in [-0.2, 0) is 23.1 Å². The minimum atomic E-state index is -3.70. The van der Waals surface area contributed by atoms with Crippen LogP contribution in [0.5, 0.6) is 5.75 Å². The lowest BCUT2D eigenvalue weighted by Crippen LogP contribution is -2.24. The van der Waals surface area contributed by atoms with Gasteiger partial charge < -0.3 is 18.5 Å². The third-order valence-electron chi connectivity index (χ3n) is 2.47. The minimum absolute atomic E-state index is 0.153. The van der Waals surface area contributed by atoms with Crippen LogP contribution >= 0.6 is 30.8 Å². The molecule has 0 aromatic heterocycles. The van der Waals surface area contributed by atoms with Crippen LogP contribution in [0.1, 0.15) is 0 Å². The van der Waals surface area contributed by atoms with Crippen molar-refractivity contribution >= 4 is 36.8 Å². The standard InChI is InChI=1S/C13H15Cl2O6P/c1-9(22(17,18-2)19-3)21-13(16)12(15)8-20-11-6-4-10(14)5-7-11/h4-7,12H,1,8H2,2-3H3. The van der Waals surface area contributed by atoms with E-state index in [-0.39, 0.29) is 6.61 Å². The van der Waals surface area contributed by atoms with Gasteiger partial charge in [0, 0.05) is 19.2 Å². The number of rotatable bonds is 8. The van der Waals surface area contributed by atoms with Crippen LogP contribution in [0.25, 0.3) is 0 Å². The summed E-state index contributed by atoms with van der Waals surface area (Å²) in [5, 5.41) is -0.574. The summed E-state index contributed by atoms with van der Waals surface area (Å²) in [6.45, 7) is 3.20. The molecule has 0 amide bonds. The third-order valence-corrected chi connectivity index (χ3v) is 4.69. The number of hydrogen-bond acceptors (Lipinski definition) is 6. The van der Waals surface area contributed by atoms with Crippen molar-refractivity contribution in [3.8, 4) is 5.75 Å². The molecule has 122 valence electrons. The van der Waals surface area contributed by atoms with Crippen molar-refractivity contribution in [2.45, 2.75) is 5.38 Å². The summed E-state index contributed by atoms with van der Waals surface area (Å²) in [4.78, 5) is 11.8. The molecule has 22 heavy (non-hydrogen) atoms. The molecule has 0 saturated carbocycles. The number of esters is 1. The van der Waals surface area contributed by atoms with Crippen LogP contribution in [0, 0.1) is 0 Å². The minimum Gasteiger partial charge on any atom is -0.491 e. The van der Waals surface area contributed by atoms with Crippen LogP contribution in [-0.4, -0.2) is 32.2 Å². The van der Waals surface area contributed by atoms with Gasteiger partial charge in [-0.1, -0.05) is 11.6 Å². The maximum Gasteiger partial charge on any atom is 0.395 e. The number of alkyl halides is 1. The van der Waals surface area contributed by atoms with Crippen LogP contribution in [0.2, 0.25) is 5.02 Å². The molecule has 0 aliphatic rings. The molecule has 0 aliphatic heterocycles. The molecular formula is C13H15Cl2O6P. The van der Waals surface area contributed by atoms with Gasteiger partial charge in [0.05, 0.1) is 0 Å². The van der Waals surface area contributed by atoms with Crippen LogP contribution < -0.4 is 4.74 Å². The summed E-state index contributed by atoms with van der Waals surface area (Å²) < 4.78 is 31.3. The first-order valence-electron chi connectivity index (χ1n) is 5.97. The van der Waals surface area contributed by atoms with E-state index >= 15 is 0 Å². The fourth-order valence-corrected chi connectivity index (χ4v) is 2.27. The van der Waals surface area contributed by atoms with E-state index in [1.165, 1.54) is 0 Å². The van der Waals surface area contributed by atoms with Gasteiger partial charge in [0.2, 0.25) is 5.50 Å². The Labute approximate surface area is 138 Å². The largest absolute Gasteiger partial charge is 0.491 e. The Hall–Kier alpha value is -1.04. The molecule has 6 nitrogen and oxygen atoms in total. The Morgan fingerprint density at radius 1 is 1.27 bits per heavy atom. The van der Waals surface area contributed by atoms with E-state index < -0.39 is 24.4 Å². The summed E-state index contributed by atoms with van der Waals surface area (Å²) in [5.74, 6) is -0.393. The summed E-state index contributed by atoms with van der Waals surface area (Å²) in [7, 11) is -1.41. The molecule has 0 saturated heterocycles. The molecule has 0 heterocycles. The first-order valence-corrected chi connectivity index (χ1v) is 8.33. The Bertz CT molecular complexity index is 566. The quantitative estimate of drug-likeness (QED) is 0.300. The number of halogens is 2. The van der Waals surface area contributed by atoms with Gasteiger partial charge in [0.1, 0.15) is 12.4 Å². The molecule has 9 heteroatoms. The van der Waals surface area contributed by atoms with Gasteiger partial charge in [-0.15, -0.1) is 11.6 Å². The third kappa shape index (κ3) is 5.30. The highest BCUT2D eigenvalue weighted by Crippen LogP contribution is 2.54. The lowest BCUT2D eigenvalue weighted by molar-refractivity contribution is -0.138. The number of benzene rings is 1. The highest BCUT2D eigenvalue weighted by molar-refractivity contribution is 7.58. The van der Waals surface area contributed by atoms with Gasteiger partial charge in [-0.2, -0.15) is 0 Å². The molecule has 0 fully saturated rings. The van der Waals surface area contributed by atoms with E-state index in [4.69, 9.17) is 32.7 Å². The van der Waals surface area contributed by atoms with Gasteiger partial charge in [0.15, 0.2) is 5.38 Å². The van der Waals surface area contributed by atoms with E-state index in [2.05, 4.69) is 15.6 Å². The van der Waals surface area contributed by atoms with Gasteiger partial charge in [-0.25, -0.2) is 4.79 Å². The summed E-state index contributed by atoms with van der Waals surface area (Å²) >= 11 is 11.6. The molecular weight excluding hydrogens is 354 g/mol. The van der Waals surface area contributed by atoms with Gasteiger partial charge in [-0.05, 0) is 30.8 Å². The van der Waals surface area contributed by atoms with Crippen LogP contribution in [0.15, 0.2) is 36.3 Å². The maximum absolute atomic E-state index is 11.9. The Morgan fingerprint density at radius 2 is 1.82 bits per heavy atom. The van der Waals surface area contributed by atoms with Gasteiger partial charge in [0.25, 0.3) is 0 Å². The number of ether oxygens (including phenoxy) is 2. The lowest BCUT2D eigenvalue weighted by Gasteiger charge is -2.17.